The van der Waals surface area contributed by atoms with Crippen molar-refractivity contribution in [3.63, 3.8) is 0 Å². The molecule has 0 aromatic heterocycles. The SMILES string of the molecule is O=C(CCl)Nc1ccc(Oc2ccccc2)c2c1C(=O)c1ccccc1C2=O. The number of amides is 1. The van der Waals surface area contributed by atoms with E-state index in [9.17, 15) is 14.4 Å². The molecule has 4 rings (SSSR count). The van der Waals surface area contributed by atoms with Crippen molar-refractivity contribution in [3.05, 3.63) is 89.0 Å². The summed E-state index contributed by atoms with van der Waals surface area (Å²) in [6, 6.07) is 18.6. The highest BCUT2D eigenvalue weighted by molar-refractivity contribution is 6.33. The van der Waals surface area contributed by atoms with Crippen LogP contribution in [0.15, 0.2) is 66.7 Å². The van der Waals surface area contributed by atoms with Crippen molar-refractivity contribution in [2.75, 3.05) is 11.2 Å². The smallest absolute Gasteiger partial charge is 0.239 e. The van der Waals surface area contributed by atoms with E-state index in [0.717, 1.165) is 0 Å². The largest absolute Gasteiger partial charge is 0.457 e. The number of carbonyl (C=O) groups is 3. The highest BCUT2D eigenvalue weighted by Gasteiger charge is 2.34. The lowest BCUT2D eigenvalue weighted by Crippen LogP contribution is -2.24. The predicted octanol–water partition coefficient (Wildman–Crippen LogP) is 4.43. The average molecular weight is 392 g/mol. The molecule has 0 saturated carbocycles. The number of para-hydroxylation sites is 1. The highest BCUT2D eigenvalue weighted by atomic mass is 35.5. The van der Waals surface area contributed by atoms with E-state index < -0.39 is 5.91 Å². The minimum Gasteiger partial charge on any atom is -0.457 e. The zero-order valence-corrected chi connectivity index (χ0v) is 15.3. The molecule has 0 aliphatic heterocycles. The van der Waals surface area contributed by atoms with Gasteiger partial charge in [0.2, 0.25) is 5.91 Å². The molecule has 0 heterocycles. The van der Waals surface area contributed by atoms with Gasteiger partial charge >= 0.3 is 0 Å². The van der Waals surface area contributed by atoms with Gasteiger partial charge in [-0.05, 0) is 24.3 Å². The fraction of sp³-hybridized carbons (Fsp3) is 0.0455. The summed E-state index contributed by atoms with van der Waals surface area (Å²) in [7, 11) is 0. The molecule has 3 aromatic carbocycles. The monoisotopic (exact) mass is 391 g/mol. The number of hydrogen-bond donors (Lipinski definition) is 1. The zero-order valence-electron chi connectivity index (χ0n) is 14.6. The van der Waals surface area contributed by atoms with Crippen LogP contribution in [0.2, 0.25) is 0 Å². The number of hydrogen-bond acceptors (Lipinski definition) is 4. The summed E-state index contributed by atoms with van der Waals surface area (Å²) in [4.78, 5) is 38.2. The number of benzene rings is 3. The van der Waals surface area contributed by atoms with Gasteiger partial charge in [-0.1, -0.05) is 42.5 Å². The molecule has 3 aromatic rings. The first kappa shape index (κ1) is 17.9. The first-order valence-electron chi connectivity index (χ1n) is 8.54. The summed E-state index contributed by atoms with van der Waals surface area (Å²) in [5.41, 5.74) is 1.06. The molecule has 1 aliphatic rings. The normalized spacial score (nSPS) is 12.2. The maximum atomic E-state index is 13.2. The van der Waals surface area contributed by atoms with Crippen LogP contribution in [0.3, 0.4) is 0 Å². The second-order valence-corrected chi connectivity index (χ2v) is 6.43. The summed E-state index contributed by atoms with van der Waals surface area (Å²) >= 11 is 5.58. The van der Waals surface area contributed by atoms with Crippen LogP contribution < -0.4 is 10.1 Å². The Morgan fingerprint density at radius 1 is 0.821 bits per heavy atom. The third kappa shape index (κ3) is 3.06. The van der Waals surface area contributed by atoms with E-state index in [1.807, 2.05) is 6.07 Å². The van der Waals surface area contributed by atoms with Crippen LogP contribution >= 0.6 is 11.6 Å². The quantitative estimate of drug-likeness (QED) is 0.522. The van der Waals surface area contributed by atoms with Crippen LogP contribution in [0.25, 0.3) is 0 Å². The molecule has 1 amide bonds. The van der Waals surface area contributed by atoms with E-state index in [-0.39, 0.29) is 40.0 Å². The predicted molar refractivity (Wildman–Crippen MR) is 106 cm³/mol. The summed E-state index contributed by atoms with van der Waals surface area (Å²) in [6.45, 7) is 0. The standard InChI is InChI=1S/C22H14ClNO4/c23-12-18(25)24-16-10-11-17(28-13-6-2-1-3-7-13)20-19(16)21(26)14-8-4-5-9-15(14)22(20)27/h1-11H,12H2,(H,24,25). The van der Waals surface area contributed by atoms with Gasteiger partial charge in [-0.25, -0.2) is 0 Å². The van der Waals surface area contributed by atoms with E-state index >= 15 is 0 Å². The molecule has 1 aliphatic carbocycles. The van der Waals surface area contributed by atoms with Crippen molar-refractivity contribution in [1.29, 1.82) is 0 Å². The van der Waals surface area contributed by atoms with Gasteiger partial charge in [-0.15, -0.1) is 11.6 Å². The zero-order chi connectivity index (χ0) is 19.7. The van der Waals surface area contributed by atoms with Gasteiger partial charge in [-0.3, -0.25) is 14.4 Å². The number of ketones is 2. The summed E-state index contributed by atoms with van der Waals surface area (Å²) in [5, 5.41) is 2.59. The first-order chi connectivity index (χ1) is 13.6. The van der Waals surface area contributed by atoms with Crippen molar-refractivity contribution in [3.8, 4) is 11.5 Å². The van der Waals surface area contributed by atoms with Crippen LogP contribution in [0.5, 0.6) is 11.5 Å². The fourth-order valence-corrected chi connectivity index (χ4v) is 3.25. The second-order valence-electron chi connectivity index (χ2n) is 6.16. The highest BCUT2D eigenvalue weighted by Crippen LogP contribution is 2.39. The van der Waals surface area contributed by atoms with Crippen LogP contribution in [-0.4, -0.2) is 23.4 Å². The van der Waals surface area contributed by atoms with Gasteiger partial charge in [0.1, 0.15) is 17.4 Å². The lowest BCUT2D eigenvalue weighted by molar-refractivity contribution is -0.113. The minimum atomic E-state index is -0.472. The van der Waals surface area contributed by atoms with Crippen molar-refractivity contribution in [1.82, 2.24) is 0 Å². The molecule has 0 bridgehead atoms. The Kier molecular flexibility index (Phi) is 4.67. The molecule has 5 nitrogen and oxygen atoms in total. The Labute approximate surface area is 165 Å². The van der Waals surface area contributed by atoms with Gasteiger partial charge < -0.3 is 10.1 Å². The van der Waals surface area contributed by atoms with Gasteiger partial charge in [0.15, 0.2) is 11.6 Å². The molecule has 6 heteroatoms. The van der Waals surface area contributed by atoms with E-state index in [0.29, 0.717) is 16.9 Å². The topological polar surface area (TPSA) is 72.5 Å². The molecular formula is C22H14ClNO4. The van der Waals surface area contributed by atoms with Crippen molar-refractivity contribution in [2.45, 2.75) is 0 Å². The lowest BCUT2D eigenvalue weighted by atomic mass is 9.82. The molecule has 138 valence electrons. The molecule has 0 spiro atoms. The van der Waals surface area contributed by atoms with Gasteiger partial charge in [0.05, 0.1) is 16.8 Å². The average Bonchev–Trinajstić information content (AvgIpc) is 2.73. The van der Waals surface area contributed by atoms with Gasteiger partial charge in [0, 0.05) is 11.1 Å². The Bertz CT molecular complexity index is 1110. The number of anilines is 1. The number of fused-ring (bicyclic) bond motifs is 2. The minimum absolute atomic E-state index is 0.107. The van der Waals surface area contributed by atoms with Crippen molar-refractivity contribution < 1.29 is 19.1 Å². The summed E-state index contributed by atoms with van der Waals surface area (Å²) in [6.07, 6.45) is 0. The number of alkyl halides is 1. The Morgan fingerprint density at radius 2 is 1.43 bits per heavy atom. The summed E-state index contributed by atoms with van der Waals surface area (Å²) < 4.78 is 5.89. The number of nitrogens with one attached hydrogen (secondary N) is 1. The lowest BCUT2D eigenvalue weighted by Gasteiger charge is -2.22. The molecule has 0 atom stereocenters. The Balaban J connectivity index is 1.91. The third-order valence-corrected chi connectivity index (χ3v) is 4.65. The van der Waals surface area contributed by atoms with Gasteiger partial charge in [-0.2, -0.15) is 0 Å². The van der Waals surface area contributed by atoms with Crippen molar-refractivity contribution >= 4 is 34.8 Å². The summed E-state index contributed by atoms with van der Waals surface area (Å²) in [5.74, 6) is -0.652. The maximum absolute atomic E-state index is 13.2. The molecular weight excluding hydrogens is 378 g/mol. The second kappa shape index (κ2) is 7.29. The molecule has 0 radical (unpaired) electrons. The molecule has 0 saturated heterocycles. The maximum Gasteiger partial charge on any atom is 0.239 e. The molecule has 0 fully saturated rings. The van der Waals surface area contributed by atoms with E-state index in [4.69, 9.17) is 16.3 Å². The number of halogens is 1. The molecule has 1 N–H and O–H groups in total. The first-order valence-corrected chi connectivity index (χ1v) is 9.07. The number of ether oxygens (including phenoxy) is 1. The van der Waals surface area contributed by atoms with Crippen LogP contribution in [0.4, 0.5) is 5.69 Å². The Morgan fingerprint density at radius 3 is 2.07 bits per heavy atom. The Hall–Kier alpha value is -3.44. The number of rotatable bonds is 4. The van der Waals surface area contributed by atoms with Crippen molar-refractivity contribution in [2.24, 2.45) is 0 Å². The van der Waals surface area contributed by atoms with Gasteiger partial charge in [0.25, 0.3) is 0 Å². The van der Waals surface area contributed by atoms with Crippen LogP contribution in [0, 0.1) is 0 Å². The molecule has 28 heavy (non-hydrogen) atoms. The van der Waals surface area contributed by atoms with E-state index in [1.165, 1.54) is 0 Å². The van der Waals surface area contributed by atoms with Crippen LogP contribution in [0.1, 0.15) is 31.8 Å². The van der Waals surface area contributed by atoms with E-state index in [2.05, 4.69) is 5.32 Å². The number of carbonyl (C=O) groups excluding carboxylic acids is 3. The fourth-order valence-electron chi connectivity index (χ4n) is 3.18. The molecule has 0 unspecified atom stereocenters. The third-order valence-electron chi connectivity index (χ3n) is 4.40. The van der Waals surface area contributed by atoms with E-state index in [1.54, 1.807) is 60.7 Å². The van der Waals surface area contributed by atoms with Crippen LogP contribution in [-0.2, 0) is 4.79 Å².